The molecule has 0 radical (unpaired) electrons. The molecule has 0 bridgehead atoms. The van der Waals surface area contributed by atoms with Gasteiger partial charge in [0.2, 0.25) is 0 Å². The van der Waals surface area contributed by atoms with Crippen LogP contribution in [0.5, 0.6) is 0 Å². The molecule has 0 saturated carbocycles. The Morgan fingerprint density at radius 2 is 2.10 bits per heavy atom. The standard InChI is InChI=1S/C15H12N4OS/c16-8-12-9-18-19(11-12)6-7-21-15-17-10-14(20-15)13-4-2-1-3-5-13/h1-5,9-11H,6-7H2. The maximum atomic E-state index is 8.73. The number of aryl methyl sites for hydroxylation is 1. The predicted molar refractivity (Wildman–Crippen MR) is 79.6 cm³/mol. The van der Waals surface area contributed by atoms with Crippen molar-refractivity contribution >= 4 is 11.8 Å². The van der Waals surface area contributed by atoms with Crippen molar-refractivity contribution in [1.82, 2.24) is 14.8 Å². The van der Waals surface area contributed by atoms with Crippen molar-refractivity contribution < 1.29 is 4.42 Å². The van der Waals surface area contributed by atoms with Crippen molar-refractivity contribution in [2.45, 2.75) is 11.8 Å². The summed E-state index contributed by atoms with van der Waals surface area (Å²) in [5, 5.41) is 13.5. The minimum atomic E-state index is 0.572. The molecule has 3 aromatic rings. The molecule has 3 rings (SSSR count). The molecule has 5 nitrogen and oxygen atoms in total. The van der Waals surface area contributed by atoms with Gasteiger partial charge in [-0.2, -0.15) is 10.4 Å². The number of hydrogen-bond acceptors (Lipinski definition) is 5. The molecule has 0 amide bonds. The zero-order valence-electron chi connectivity index (χ0n) is 11.1. The number of nitriles is 1. The van der Waals surface area contributed by atoms with Crippen molar-refractivity contribution in [2.24, 2.45) is 0 Å². The Morgan fingerprint density at radius 1 is 1.24 bits per heavy atom. The first kappa shape index (κ1) is 13.5. The van der Waals surface area contributed by atoms with Gasteiger partial charge < -0.3 is 4.42 Å². The predicted octanol–water partition coefficient (Wildman–Crippen LogP) is 3.20. The third-order valence-electron chi connectivity index (χ3n) is 2.85. The topological polar surface area (TPSA) is 67.6 Å². The van der Waals surface area contributed by atoms with Crippen molar-refractivity contribution in [3.8, 4) is 17.4 Å². The monoisotopic (exact) mass is 296 g/mol. The smallest absolute Gasteiger partial charge is 0.256 e. The molecular weight excluding hydrogens is 284 g/mol. The summed E-state index contributed by atoms with van der Waals surface area (Å²) in [7, 11) is 0. The number of rotatable bonds is 5. The van der Waals surface area contributed by atoms with Crippen LogP contribution in [-0.2, 0) is 6.54 Å². The van der Waals surface area contributed by atoms with Crippen LogP contribution in [-0.4, -0.2) is 20.5 Å². The molecule has 1 aromatic carbocycles. The van der Waals surface area contributed by atoms with E-state index in [1.807, 2.05) is 30.3 Å². The highest BCUT2D eigenvalue weighted by Gasteiger charge is 2.06. The zero-order chi connectivity index (χ0) is 14.5. The highest BCUT2D eigenvalue weighted by molar-refractivity contribution is 7.99. The van der Waals surface area contributed by atoms with E-state index in [-0.39, 0.29) is 0 Å². The summed E-state index contributed by atoms with van der Waals surface area (Å²) in [4.78, 5) is 4.26. The van der Waals surface area contributed by atoms with Crippen LogP contribution in [0.3, 0.4) is 0 Å². The average Bonchev–Trinajstić information content (AvgIpc) is 3.17. The lowest BCUT2D eigenvalue weighted by atomic mass is 10.2. The summed E-state index contributed by atoms with van der Waals surface area (Å²) < 4.78 is 7.45. The highest BCUT2D eigenvalue weighted by atomic mass is 32.2. The minimum absolute atomic E-state index is 0.572. The molecule has 21 heavy (non-hydrogen) atoms. The Morgan fingerprint density at radius 3 is 2.86 bits per heavy atom. The first-order chi connectivity index (χ1) is 10.3. The van der Waals surface area contributed by atoms with Gasteiger partial charge in [-0.25, -0.2) is 4.98 Å². The van der Waals surface area contributed by atoms with E-state index < -0.39 is 0 Å². The fourth-order valence-corrected chi connectivity index (χ4v) is 2.56. The molecule has 0 aliphatic heterocycles. The Hall–Kier alpha value is -2.52. The lowest BCUT2D eigenvalue weighted by Gasteiger charge is -1.98. The molecule has 0 aliphatic carbocycles. The van der Waals surface area contributed by atoms with E-state index in [4.69, 9.17) is 9.68 Å². The van der Waals surface area contributed by atoms with Crippen molar-refractivity contribution in [3.63, 3.8) is 0 Å². The van der Waals surface area contributed by atoms with E-state index in [0.717, 1.165) is 17.1 Å². The van der Waals surface area contributed by atoms with Gasteiger partial charge in [-0.05, 0) is 0 Å². The van der Waals surface area contributed by atoms with Gasteiger partial charge in [0.25, 0.3) is 5.22 Å². The molecule has 0 N–H and O–H groups in total. The SMILES string of the molecule is N#Cc1cnn(CCSc2ncc(-c3ccccc3)o2)c1. The fourth-order valence-electron chi connectivity index (χ4n) is 1.83. The van der Waals surface area contributed by atoms with Crippen LogP contribution < -0.4 is 0 Å². The van der Waals surface area contributed by atoms with E-state index >= 15 is 0 Å². The Bertz CT molecular complexity index is 757. The van der Waals surface area contributed by atoms with E-state index in [0.29, 0.717) is 17.3 Å². The molecule has 104 valence electrons. The number of benzene rings is 1. The number of nitrogens with zero attached hydrogens (tertiary/aromatic N) is 4. The van der Waals surface area contributed by atoms with E-state index in [1.54, 1.807) is 23.3 Å². The van der Waals surface area contributed by atoms with Crippen LogP contribution in [0, 0.1) is 11.3 Å². The largest absolute Gasteiger partial charge is 0.431 e. The molecule has 0 unspecified atom stereocenters. The number of thioether (sulfide) groups is 1. The van der Waals surface area contributed by atoms with Crippen LogP contribution in [0.25, 0.3) is 11.3 Å². The molecule has 0 spiro atoms. The second-order valence-electron chi connectivity index (χ2n) is 4.31. The summed E-state index contributed by atoms with van der Waals surface area (Å²) in [6.45, 7) is 0.704. The maximum Gasteiger partial charge on any atom is 0.256 e. The van der Waals surface area contributed by atoms with Crippen LogP contribution in [0.1, 0.15) is 5.56 Å². The van der Waals surface area contributed by atoms with Crippen LogP contribution in [0.4, 0.5) is 0 Å². The first-order valence-electron chi connectivity index (χ1n) is 6.42. The summed E-state index contributed by atoms with van der Waals surface area (Å²) in [6, 6.07) is 11.9. The second-order valence-corrected chi connectivity index (χ2v) is 5.35. The van der Waals surface area contributed by atoms with Gasteiger partial charge in [0.1, 0.15) is 6.07 Å². The highest BCUT2D eigenvalue weighted by Crippen LogP contribution is 2.25. The molecular formula is C15H12N4OS. The first-order valence-corrected chi connectivity index (χ1v) is 7.40. The quantitative estimate of drug-likeness (QED) is 0.676. The van der Waals surface area contributed by atoms with E-state index in [9.17, 15) is 0 Å². The maximum absolute atomic E-state index is 8.73. The number of oxazole rings is 1. The Kier molecular flexibility index (Phi) is 4.03. The second kappa shape index (κ2) is 6.29. The summed E-state index contributed by atoms with van der Waals surface area (Å²) in [5.74, 6) is 1.55. The van der Waals surface area contributed by atoms with Crippen LogP contribution in [0.2, 0.25) is 0 Å². The number of hydrogen-bond donors (Lipinski definition) is 0. The van der Waals surface area contributed by atoms with E-state index in [1.165, 1.54) is 11.8 Å². The Labute approximate surface area is 126 Å². The molecule has 2 heterocycles. The minimum Gasteiger partial charge on any atom is -0.431 e. The van der Waals surface area contributed by atoms with Gasteiger partial charge in [0.15, 0.2) is 5.76 Å². The molecule has 0 aliphatic rings. The third-order valence-corrected chi connectivity index (χ3v) is 3.67. The Balaban J connectivity index is 1.57. The summed E-state index contributed by atoms with van der Waals surface area (Å²) in [6.07, 6.45) is 5.02. The normalized spacial score (nSPS) is 10.4. The summed E-state index contributed by atoms with van der Waals surface area (Å²) in [5.41, 5.74) is 1.59. The third kappa shape index (κ3) is 3.33. The average molecular weight is 296 g/mol. The van der Waals surface area contributed by atoms with Gasteiger partial charge in [0, 0.05) is 17.5 Å². The van der Waals surface area contributed by atoms with Crippen molar-refractivity contribution in [1.29, 1.82) is 5.26 Å². The fraction of sp³-hybridized carbons (Fsp3) is 0.133. The molecule has 6 heteroatoms. The lowest BCUT2D eigenvalue weighted by Crippen LogP contribution is -2.00. The van der Waals surface area contributed by atoms with E-state index in [2.05, 4.69) is 16.2 Å². The van der Waals surface area contributed by atoms with Crippen LogP contribution >= 0.6 is 11.8 Å². The molecule has 0 fully saturated rings. The molecule has 0 atom stereocenters. The molecule has 0 saturated heterocycles. The summed E-state index contributed by atoms with van der Waals surface area (Å²) >= 11 is 1.53. The molecule has 2 aromatic heterocycles. The van der Waals surface area contributed by atoms with Gasteiger partial charge in [-0.1, -0.05) is 42.1 Å². The van der Waals surface area contributed by atoms with Crippen molar-refractivity contribution in [2.75, 3.05) is 5.75 Å². The zero-order valence-corrected chi connectivity index (χ0v) is 12.0. The van der Waals surface area contributed by atoms with Gasteiger partial charge >= 0.3 is 0 Å². The van der Waals surface area contributed by atoms with Gasteiger partial charge in [-0.3, -0.25) is 4.68 Å². The van der Waals surface area contributed by atoms with Crippen molar-refractivity contribution in [3.05, 3.63) is 54.5 Å². The van der Waals surface area contributed by atoms with Crippen LogP contribution in [0.15, 0.2) is 58.6 Å². The number of aromatic nitrogens is 3. The van der Waals surface area contributed by atoms with Gasteiger partial charge in [0.05, 0.1) is 24.5 Å². The van der Waals surface area contributed by atoms with Gasteiger partial charge in [-0.15, -0.1) is 0 Å². The lowest BCUT2D eigenvalue weighted by molar-refractivity contribution is 0.465.